The van der Waals surface area contributed by atoms with E-state index in [1.165, 1.54) is 4.90 Å². The highest BCUT2D eigenvalue weighted by molar-refractivity contribution is 6.07. The maximum Gasteiger partial charge on any atom is 0.331 e. The summed E-state index contributed by atoms with van der Waals surface area (Å²) in [7, 11) is 0. The molecule has 40 heavy (non-hydrogen) atoms. The van der Waals surface area contributed by atoms with Gasteiger partial charge in [-0.25, -0.2) is 9.59 Å². The Kier molecular flexibility index (Phi) is 7.23. The number of carbonyl (C=O) groups is 3. The van der Waals surface area contributed by atoms with Crippen LogP contribution in [0.15, 0.2) is 78.9 Å². The van der Waals surface area contributed by atoms with Gasteiger partial charge in [-0.05, 0) is 48.6 Å². The number of carboxylic acid groups (broad SMARTS) is 1. The van der Waals surface area contributed by atoms with Gasteiger partial charge < -0.3 is 14.9 Å². The van der Waals surface area contributed by atoms with Crippen LogP contribution in [-0.2, 0) is 15.0 Å². The van der Waals surface area contributed by atoms with Crippen LogP contribution in [0.25, 0.3) is 12.2 Å². The van der Waals surface area contributed by atoms with E-state index in [0.29, 0.717) is 24.2 Å². The molecule has 7 nitrogen and oxygen atoms in total. The Labute approximate surface area is 235 Å². The zero-order chi connectivity index (χ0) is 28.5. The second kappa shape index (κ2) is 10.6. The molecule has 0 bridgehead atoms. The minimum atomic E-state index is -1.63. The Hall–Kier alpha value is -4.39. The number of hydrogen-bond donors (Lipinski definition) is 1. The van der Waals surface area contributed by atoms with Crippen LogP contribution in [0.4, 0.5) is 16.2 Å². The molecule has 3 aromatic rings. The van der Waals surface area contributed by atoms with E-state index in [-0.39, 0.29) is 25.5 Å². The Balaban J connectivity index is 1.52. The number of amides is 3. The summed E-state index contributed by atoms with van der Waals surface area (Å²) >= 11 is 0. The molecule has 1 fully saturated rings. The first-order valence-electron chi connectivity index (χ1n) is 13.8. The van der Waals surface area contributed by atoms with Crippen LogP contribution in [0.3, 0.4) is 0 Å². The Morgan fingerprint density at radius 2 is 1.32 bits per heavy atom. The number of urea groups is 1. The zero-order valence-electron chi connectivity index (χ0n) is 23.2. The lowest BCUT2D eigenvalue weighted by atomic mass is 9.74. The predicted octanol–water partition coefficient (Wildman–Crippen LogP) is 6.17. The molecule has 2 aliphatic rings. The molecular formula is C33H35N3O4. The lowest BCUT2D eigenvalue weighted by Gasteiger charge is -2.49. The summed E-state index contributed by atoms with van der Waals surface area (Å²) in [6.07, 6.45) is 5.10. The zero-order valence-corrected chi connectivity index (χ0v) is 23.2. The fourth-order valence-electron chi connectivity index (χ4n) is 6.11. The highest BCUT2D eigenvalue weighted by Crippen LogP contribution is 2.40. The molecule has 206 valence electrons. The summed E-state index contributed by atoms with van der Waals surface area (Å²) < 4.78 is 0. The van der Waals surface area contributed by atoms with Crippen molar-refractivity contribution in [3.8, 4) is 0 Å². The number of carbonyl (C=O) groups excluding carboxylic acids is 2. The quantitative estimate of drug-likeness (QED) is 0.422. The molecule has 0 saturated carbocycles. The monoisotopic (exact) mass is 537 g/mol. The van der Waals surface area contributed by atoms with Gasteiger partial charge in [-0.15, -0.1) is 0 Å². The Bertz CT molecular complexity index is 1410. The molecule has 2 heterocycles. The van der Waals surface area contributed by atoms with E-state index in [9.17, 15) is 19.5 Å². The van der Waals surface area contributed by atoms with Crippen molar-refractivity contribution >= 4 is 41.4 Å². The molecule has 7 heteroatoms. The van der Waals surface area contributed by atoms with Crippen molar-refractivity contribution in [2.45, 2.75) is 44.6 Å². The third-order valence-electron chi connectivity index (χ3n) is 8.60. The number of anilines is 2. The number of piperazine rings is 1. The van der Waals surface area contributed by atoms with Gasteiger partial charge in [-0.2, -0.15) is 0 Å². The second-order valence-corrected chi connectivity index (χ2v) is 10.7. The molecule has 0 aromatic heterocycles. The van der Waals surface area contributed by atoms with E-state index in [2.05, 4.69) is 0 Å². The first-order chi connectivity index (χ1) is 19.3. The summed E-state index contributed by atoms with van der Waals surface area (Å²) in [6, 6.07) is 24.4. The number of hydrogen-bond acceptors (Lipinski definition) is 3. The van der Waals surface area contributed by atoms with Gasteiger partial charge in [0.25, 0.3) is 0 Å². The highest BCUT2D eigenvalue weighted by Gasteiger charge is 2.51. The smallest absolute Gasteiger partial charge is 0.331 e. The lowest BCUT2D eigenvalue weighted by molar-refractivity contribution is -0.156. The molecule has 0 spiro atoms. The van der Waals surface area contributed by atoms with Crippen molar-refractivity contribution < 1.29 is 19.5 Å². The van der Waals surface area contributed by atoms with E-state index in [0.717, 1.165) is 16.7 Å². The number of carboxylic acids is 1. The van der Waals surface area contributed by atoms with Crippen molar-refractivity contribution in [1.82, 2.24) is 9.80 Å². The van der Waals surface area contributed by atoms with E-state index < -0.39 is 23.0 Å². The highest BCUT2D eigenvalue weighted by atomic mass is 16.4. The number of aliphatic carboxylic acids is 1. The van der Waals surface area contributed by atoms with E-state index in [1.807, 2.05) is 105 Å². The van der Waals surface area contributed by atoms with Crippen molar-refractivity contribution in [3.05, 3.63) is 95.6 Å². The SMILES string of the molecule is CCC(CC)(C(=O)N1CCN(C(=O)N2c3ccccc3C=Cc3ccccc32)[C@@](C)(C(=O)O)C1)c1ccccc1. The molecule has 5 rings (SSSR count). The average Bonchev–Trinajstić information content (AvgIpc) is 3.15. The summed E-state index contributed by atoms with van der Waals surface area (Å²) in [5.41, 5.74) is 1.61. The van der Waals surface area contributed by atoms with Gasteiger partial charge in [0.05, 0.1) is 23.3 Å². The van der Waals surface area contributed by atoms with Crippen molar-refractivity contribution in [2.24, 2.45) is 0 Å². The predicted molar refractivity (Wildman–Crippen MR) is 157 cm³/mol. The first kappa shape index (κ1) is 27.2. The van der Waals surface area contributed by atoms with Crippen molar-refractivity contribution in [2.75, 3.05) is 24.5 Å². The largest absolute Gasteiger partial charge is 0.479 e. The Morgan fingerprint density at radius 1 is 0.800 bits per heavy atom. The standard InChI is InChI=1S/C33H35N3O4/c1-4-33(5-2,26-15-7-6-8-16-26)29(37)34-21-22-35(32(3,23-34)30(38)39)31(40)36-27-17-11-9-13-24(27)19-20-25-14-10-12-18-28(25)36/h6-20H,4-5,21-23H2,1-3H3,(H,38,39)/t32-/m1/s1. The van der Waals surface area contributed by atoms with Gasteiger partial charge in [-0.1, -0.05) is 92.7 Å². The fourth-order valence-corrected chi connectivity index (χ4v) is 6.11. The molecular weight excluding hydrogens is 502 g/mol. The van der Waals surface area contributed by atoms with Gasteiger partial charge in [0, 0.05) is 13.1 Å². The third kappa shape index (κ3) is 4.35. The Morgan fingerprint density at radius 3 is 1.85 bits per heavy atom. The number of fused-ring (bicyclic) bond motifs is 2. The maximum absolute atomic E-state index is 14.4. The van der Waals surface area contributed by atoms with Crippen LogP contribution >= 0.6 is 0 Å². The fraction of sp³-hybridized carbons (Fsp3) is 0.303. The maximum atomic E-state index is 14.4. The molecule has 0 unspecified atom stereocenters. The normalized spacial score (nSPS) is 18.5. The van der Waals surface area contributed by atoms with Gasteiger partial charge >= 0.3 is 12.0 Å². The van der Waals surface area contributed by atoms with Gasteiger partial charge in [0.1, 0.15) is 0 Å². The van der Waals surface area contributed by atoms with Crippen molar-refractivity contribution in [3.63, 3.8) is 0 Å². The second-order valence-electron chi connectivity index (χ2n) is 10.7. The van der Waals surface area contributed by atoms with E-state index in [4.69, 9.17) is 0 Å². The van der Waals surface area contributed by atoms with Crippen LogP contribution in [0, 0.1) is 0 Å². The third-order valence-corrected chi connectivity index (χ3v) is 8.60. The topological polar surface area (TPSA) is 81.2 Å². The molecule has 3 amide bonds. The van der Waals surface area contributed by atoms with E-state index in [1.54, 1.807) is 16.7 Å². The van der Waals surface area contributed by atoms with Crippen LogP contribution in [0.1, 0.15) is 50.3 Å². The molecule has 2 aliphatic heterocycles. The summed E-state index contributed by atoms with van der Waals surface area (Å²) in [4.78, 5) is 46.1. The molecule has 1 atom stereocenters. The van der Waals surface area contributed by atoms with Crippen LogP contribution in [0.5, 0.6) is 0 Å². The number of benzene rings is 3. The summed E-state index contributed by atoms with van der Waals surface area (Å²) in [5, 5.41) is 10.5. The summed E-state index contributed by atoms with van der Waals surface area (Å²) in [6.45, 7) is 5.77. The molecule has 3 aromatic carbocycles. The van der Waals surface area contributed by atoms with Gasteiger partial charge in [-0.3, -0.25) is 9.69 Å². The van der Waals surface area contributed by atoms with Gasteiger partial charge in [0.2, 0.25) is 5.91 Å². The molecule has 1 saturated heterocycles. The minimum absolute atomic E-state index is 0.0972. The van der Waals surface area contributed by atoms with Crippen LogP contribution in [-0.4, -0.2) is 58.0 Å². The lowest BCUT2D eigenvalue weighted by Crippen LogP contribution is -2.69. The average molecular weight is 538 g/mol. The molecule has 0 aliphatic carbocycles. The number of nitrogens with zero attached hydrogens (tertiary/aromatic N) is 3. The minimum Gasteiger partial charge on any atom is -0.479 e. The van der Waals surface area contributed by atoms with Crippen LogP contribution in [0.2, 0.25) is 0 Å². The number of rotatable bonds is 5. The van der Waals surface area contributed by atoms with Crippen LogP contribution < -0.4 is 4.90 Å². The van der Waals surface area contributed by atoms with Crippen molar-refractivity contribution in [1.29, 1.82) is 0 Å². The molecule has 0 radical (unpaired) electrons. The number of para-hydroxylation sites is 2. The summed E-state index contributed by atoms with van der Waals surface area (Å²) in [5.74, 6) is -1.25. The van der Waals surface area contributed by atoms with E-state index >= 15 is 0 Å². The first-order valence-corrected chi connectivity index (χ1v) is 13.8. The molecule has 1 N–H and O–H groups in total. The van der Waals surface area contributed by atoms with Gasteiger partial charge in [0.15, 0.2) is 5.54 Å².